The summed E-state index contributed by atoms with van der Waals surface area (Å²) in [5.74, 6) is 0.477. The Hall–Kier alpha value is -2.04. The van der Waals surface area contributed by atoms with Gasteiger partial charge in [0.1, 0.15) is 0 Å². The fourth-order valence-corrected chi connectivity index (χ4v) is 2.95. The SMILES string of the molecule is CC[C@H](C)[C@H](C)N(C(=O)Nc1ccccc1CC(=O)N(C)C)C1CC1. The molecule has 1 aliphatic rings. The molecule has 0 heterocycles. The van der Waals surface area contributed by atoms with Crippen LogP contribution in [0.2, 0.25) is 0 Å². The summed E-state index contributed by atoms with van der Waals surface area (Å²) in [5, 5.41) is 3.05. The molecule has 0 saturated heterocycles. The molecule has 1 aliphatic carbocycles. The summed E-state index contributed by atoms with van der Waals surface area (Å²) in [6.07, 6.45) is 3.49. The molecule has 1 saturated carbocycles. The van der Waals surface area contributed by atoms with Gasteiger partial charge in [-0.05, 0) is 37.3 Å². The maximum absolute atomic E-state index is 12.9. The number of benzene rings is 1. The van der Waals surface area contributed by atoms with Crippen molar-refractivity contribution in [2.24, 2.45) is 5.92 Å². The Morgan fingerprint density at radius 3 is 2.40 bits per heavy atom. The Kier molecular flexibility index (Phi) is 6.45. The number of amides is 3. The Morgan fingerprint density at radius 1 is 1.20 bits per heavy atom. The van der Waals surface area contributed by atoms with E-state index in [1.54, 1.807) is 19.0 Å². The third kappa shape index (κ3) is 4.97. The van der Waals surface area contributed by atoms with Gasteiger partial charge in [-0.25, -0.2) is 4.79 Å². The van der Waals surface area contributed by atoms with Crippen molar-refractivity contribution in [2.75, 3.05) is 19.4 Å². The van der Waals surface area contributed by atoms with Crippen molar-refractivity contribution in [3.8, 4) is 0 Å². The lowest BCUT2D eigenvalue weighted by Gasteiger charge is -2.33. The Balaban J connectivity index is 2.14. The second kappa shape index (κ2) is 8.37. The molecular formula is C20H31N3O2. The number of urea groups is 1. The smallest absolute Gasteiger partial charge is 0.322 e. The molecule has 0 aliphatic heterocycles. The summed E-state index contributed by atoms with van der Waals surface area (Å²) < 4.78 is 0. The number of rotatable bonds is 7. The van der Waals surface area contributed by atoms with Crippen LogP contribution in [0.4, 0.5) is 10.5 Å². The topological polar surface area (TPSA) is 52.7 Å². The summed E-state index contributed by atoms with van der Waals surface area (Å²) in [6.45, 7) is 6.48. The van der Waals surface area contributed by atoms with E-state index >= 15 is 0 Å². The maximum atomic E-state index is 12.9. The van der Waals surface area contributed by atoms with Crippen LogP contribution in [0, 0.1) is 5.92 Å². The van der Waals surface area contributed by atoms with Gasteiger partial charge < -0.3 is 15.1 Å². The van der Waals surface area contributed by atoms with E-state index in [9.17, 15) is 9.59 Å². The lowest BCUT2D eigenvalue weighted by molar-refractivity contribution is -0.127. The largest absolute Gasteiger partial charge is 0.349 e. The van der Waals surface area contributed by atoms with Crippen LogP contribution < -0.4 is 5.32 Å². The first-order valence-corrected chi connectivity index (χ1v) is 9.22. The molecule has 1 aromatic carbocycles. The van der Waals surface area contributed by atoms with Crippen LogP contribution in [0.1, 0.15) is 45.6 Å². The van der Waals surface area contributed by atoms with E-state index in [-0.39, 0.29) is 24.4 Å². The van der Waals surface area contributed by atoms with E-state index in [0.717, 1.165) is 30.5 Å². The minimum absolute atomic E-state index is 0.0220. The fourth-order valence-electron chi connectivity index (χ4n) is 2.95. The Morgan fingerprint density at radius 2 is 1.84 bits per heavy atom. The first-order valence-electron chi connectivity index (χ1n) is 9.22. The highest BCUT2D eigenvalue weighted by atomic mass is 16.2. The third-order valence-electron chi connectivity index (χ3n) is 5.18. The van der Waals surface area contributed by atoms with Gasteiger partial charge in [-0.2, -0.15) is 0 Å². The summed E-state index contributed by atoms with van der Waals surface area (Å²) in [5.41, 5.74) is 1.58. The first kappa shape index (κ1) is 19.3. The average Bonchev–Trinajstić information content (AvgIpc) is 3.40. The highest BCUT2D eigenvalue weighted by Gasteiger charge is 2.37. The Labute approximate surface area is 151 Å². The van der Waals surface area contributed by atoms with Gasteiger partial charge in [0.2, 0.25) is 5.91 Å². The summed E-state index contributed by atoms with van der Waals surface area (Å²) in [6, 6.07) is 8.05. The molecule has 1 aromatic rings. The fraction of sp³-hybridized carbons (Fsp3) is 0.600. The minimum atomic E-state index is -0.0555. The number of anilines is 1. The molecule has 3 amide bonds. The van der Waals surface area contributed by atoms with E-state index in [4.69, 9.17) is 0 Å². The highest BCUT2D eigenvalue weighted by Crippen LogP contribution is 2.32. The highest BCUT2D eigenvalue weighted by molar-refractivity contribution is 5.92. The van der Waals surface area contributed by atoms with E-state index in [2.05, 4.69) is 26.1 Å². The minimum Gasteiger partial charge on any atom is -0.349 e. The standard InChI is InChI=1S/C20H31N3O2/c1-6-14(2)15(3)23(17-11-12-17)20(25)21-18-10-8-7-9-16(18)13-19(24)22(4)5/h7-10,14-15,17H,6,11-13H2,1-5H3,(H,21,25)/t14-,15-/m0/s1. The maximum Gasteiger partial charge on any atom is 0.322 e. The van der Waals surface area contributed by atoms with Crippen molar-refractivity contribution >= 4 is 17.6 Å². The zero-order valence-electron chi connectivity index (χ0n) is 16.1. The molecule has 25 heavy (non-hydrogen) atoms. The number of likely N-dealkylation sites (N-methyl/N-ethyl adjacent to an activating group) is 1. The zero-order valence-corrected chi connectivity index (χ0v) is 16.1. The molecule has 0 bridgehead atoms. The second-order valence-corrected chi connectivity index (χ2v) is 7.32. The quantitative estimate of drug-likeness (QED) is 0.818. The molecular weight excluding hydrogens is 314 g/mol. The summed E-state index contributed by atoms with van der Waals surface area (Å²) >= 11 is 0. The van der Waals surface area contributed by atoms with Crippen molar-refractivity contribution in [2.45, 2.75) is 58.5 Å². The van der Waals surface area contributed by atoms with Gasteiger partial charge in [0, 0.05) is 31.9 Å². The molecule has 5 nitrogen and oxygen atoms in total. The number of hydrogen-bond acceptors (Lipinski definition) is 2. The van der Waals surface area contributed by atoms with Crippen molar-refractivity contribution < 1.29 is 9.59 Å². The number of para-hydroxylation sites is 1. The number of carbonyl (C=O) groups excluding carboxylic acids is 2. The normalized spacial score (nSPS) is 16.0. The van der Waals surface area contributed by atoms with E-state index in [1.807, 2.05) is 29.2 Å². The molecule has 0 spiro atoms. The number of carbonyl (C=O) groups is 2. The van der Waals surface area contributed by atoms with Crippen molar-refractivity contribution in [1.29, 1.82) is 0 Å². The number of nitrogens with zero attached hydrogens (tertiary/aromatic N) is 2. The van der Waals surface area contributed by atoms with E-state index in [0.29, 0.717) is 12.0 Å². The van der Waals surface area contributed by atoms with Crippen LogP contribution in [0.15, 0.2) is 24.3 Å². The first-order chi connectivity index (χ1) is 11.8. The lowest BCUT2D eigenvalue weighted by atomic mass is 9.99. The molecule has 138 valence electrons. The van der Waals surface area contributed by atoms with Crippen LogP contribution in [-0.2, 0) is 11.2 Å². The van der Waals surface area contributed by atoms with E-state index < -0.39 is 0 Å². The second-order valence-electron chi connectivity index (χ2n) is 7.32. The molecule has 0 radical (unpaired) electrons. The van der Waals surface area contributed by atoms with Gasteiger partial charge in [-0.15, -0.1) is 0 Å². The predicted molar refractivity (Wildman–Crippen MR) is 102 cm³/mol. The van der Waals surface area contributed by atoms with Crippen LogP contribution in [-0.4, -0.2) is 47.9 Å². The van der Waals surface area contributed by atoms with Crippen LogP contribution in [0.25, 0.3) is 0 Å². The predicted octanol–water partition coefficient (Wildman–Crippen LogP) is 3.75. The van der Waals surface area contributed by atoms with Gasteiger partial charge in [0.15, 0.2) is 0 Å². The summed E-state index contributed by atoms with van der Waals surface area (Å²) in [7, 11) is 3.48. The third-order valence-corrected chi connectivity index (χ3v) is 5.18. The lowest BCUT2D eigenvalue weighted by Crippen LogP contribution is -2.46. The van der Waals surface area contributed by atoms with Crippen molar-refractivity contribution in [3.05, 3.63) is 29.8 Å². The van der Waals surface area contributed by atoms with Gasteiger partial charge in [0.05, 0.1) is 6.42 Å². The molecule has 0 unspecified atom stereocenters. The molecule has 2 rings (SSSR count). The van der Waals surface area contributed by atoms with Gasteiger partial charge in [-0.1, -0.05) is 38.5 Å². The van der Waals surface area contributed by atoms with Gasteiger partial charge in [-0.3, -0.25) is 4.79 Å². The van der Waals surface area contributed by atoms with Crippen LogP contribution in [0.3, 0.4) is 0 Å². The molecule has 0 aromatic heterocycles. The van der Waals surface area contributed by atoms with Crippen molar-refractivity contribution in [1.82, 2.24) is 9.80 Å². The summed E-state index contributed by atoms with van der Waals surface area (Å²) in [4.78, 5) is 28.6. The number of nitrogens with one attached hydrogen (secondary N) is 1. The van der Waals surface area contributed by atoms with Gasteiger partial charge in [0.25, 0.3) is 0 Å². The molecule has 1 fully saturated rings. The monoisotopic (exact) mass is 345 g/mol. The van der Waals surface area contributed by atoms with E-state index in [1.165, 1.54) is 0 Å². The van der Waals surface area contributed by atoms with Crippen LogP contribution in [0.5, 0.6) is 0 Å². The molecule has 5 heteroatoms. The average molecular weight is 345 g/mol. The Bertz CT molecular complexity index is 611. The molecule has 2 atom stereocenters. The van der Waals surface area contributed by atoms with Gasteiger partial charge >= 0.3 is 6.03 Å². The van der Waals surface area contributed by atoms with Crippen LogP contribution >= 0.6 is 0 Å². The van der Waals surface area contributed by atoms with Crippen molar-refractivity contribution in [3.63, 3.8) is 0 Å². The number of hydrogen-bond donors (Lipinski definition) is 1. The molecule has 1 N–H and O–H groups in total. The zero-order chi connectivity index (χ0) is 18.6.